The van der Waals surface area contributed by atoms with Crippen molar-refractivity contribution in [2.24, 2.45) is 10.4 Å². The Morgan fingerprint density at radius 2 is 2.00 bits per heavy atom. The molecule has 0 aromatic rings. The van der Waals surface area contributed by atoms with E-state index >= 15 is 0 Å². The van der Waals surface area contributed by atoms with Gasteiger partial charge < -0.3 is 20.1 Å². The van der Waals surface area contributed by atoms with Crippen molar-refractivity contribution in [3.8, 4) is 0 Å². The highest BCUT2D eigenvalue weighted by atomic mass is 127. The highest BCUT2D eigenvalue weighted by molar-refractivity contribution is 14.0. The first-order valence-electron chi connectivity index (χ1n) is 9.29. The van der Waals surface area contributed by atoms with Gasteiger partial charge in [-0.25, -0.2) is 0 Å². The van der Waals surface area contributed by atoms with E-state index in [0.29, 0.717) is 0 Å². The maximum atomic E-state index is 5.63. The quantitative estimate of drug-likeness (QED) is 0.331. The first kappa shape index (κ1) is 24.3. The van der Waals surface area contributed by atoms with Crippen LogP contribution in [0.4, 0.5) is 0 Å². The molecule has 0 radical (unpaired) electrons. The van der Waals surface area contributed by atoms with Crippen molar-refractivity contribution in [2.75, 3.05) is 65.1 Å². The van der Waals surface area contributed by atoms with E-state index < -0.39 is 0 Å². The van der Waals surface area contributed by atoms with Crippen LogP contribution in [0.5, 0.6) is 0 Å². The van der Waals surface area contributed by atoms with Gasteiger partial charge in [-0.2, -0.15) is 11.8 Å². The zero-order valence-corrected chi connectivity index (χ0v) is 20.1. The molecule has 0 aromatic carbocycles. The van der Waals surface area contributed by atoms with Gasteiger partial charge in [0.05, 0.1) is 19.3 Å². The SMILES string of the molecule is CN=C(NCC(OC)C(C)(C)C)NCC1(N2CCOCC2)CCSC1.I. The minimum atomic E-state index is 0. The first-order chi connectivity index (χ1) is 11.9. The molecule has 2 fully saturated rings. The summed E-state index contributed by atoms with van der Waals surface area (Å²) in [5.74, 6) is 3.27. The number of thioether (sulfide) groups is 1. The summed E-state index contributed by atoms with van der Waals surface area (Å²) in [7, 11) is 3.61. The molecule has 0 spiro atoms. The van der Waals surface area contributed by atoms with Gasteiger partial charge in [0.15, 0.2) is 5.96 Å². The van der Waals surface area contributed by atoms with Gasteiger partial charge in [0.25, 0.3) is 0 Å². The van der Waals surface area contributed by atoms with Crippen LogP contribution in [0.3, 0.4) is 0 Å². The number of hydrogen-bond donors (Lipinski definition) is 2. The number of hydrogen-bond acceptors (Lipinski definition) is 5. The van der Waals surface area contributed by atoms with Crippen LogP contribution in [0, 0.1) is 5.41 Å². The molecule has 0 aromatic heterocycles. The molecular formula is C18H37IN4O2S. The van der Waals surface area contributed by atoms with Crippen molar-refractivity contribution in [1.82, 2.24) is 15.5 Å². The lowest BCUT2D eigenvalue weighted by atomic mass is 9.89. The summed E-state index contributed by atoms with van der Waals surface area (Å²) in [6.45, 7) is 12.0. The minimum absolute atomic E-state index is 0. The third-order valence-corrected chi connectivity index (χ3v) is 6.51. The number of halogens is 1. The van der Waals surface area contributed by atoms with E-state index in [1.165, 1.54) is 17.9 Å². The third kappa shape index (κ3) is 6.68. The van der Waals surface area contributed by atoms with E-state index in [1.807, 2.05) is 7.05 Å². The summed E-state index contributed by atoms with van der Waals surface area (Å²) in [6.07, 6.45) is 1.37. The van der Waals surface area contributed by atoms with Gasteiger partial charge in [0, 0.05) is 51.6 Å². The lowest BCUT2D eigenvalue weighted by Gasteiger charge is -2.43. The zero-order valence-electron chi connectivity index (χ0n) is 17.0. The van der Waals surface area contributed by atoms with Crippen molar-refractivity contribution >= 4 is 41.7 Å². The molecule has 8 heteroatoms. The van der Waals surface area contributed by atoms with E-state index in [0.717, 1.165) is 45.4 Å². The van der Waals surface area contributed by atoms with Gasteiger partial charge >= 0.3 is 0 Å². The standard InChI is InChI=1S/C18H36N4O2S.HI/c1-17(2,3)15(23-5)12-20-16(19-4)21-13-18(6-11-25-14-18)22-7-9-24-10-8-22;/h15H,6-14H2,1-5H3,(H2,19,20,21);1H. The Morgan fingerprint density at radius 1 is 1.31 bits per heavy atom. The number of morpholine rings is 1. The van der Waals surface area contributed by atoms with E-state index in [4.69, 9.17) is 9.47 Å². The highest BCUT2D eigenvalue weighted by Gasteiger charge is 2.40. The largest absolute Gasteiger partial charge is 0.379 e. The summed E-state index contributed by atoms with van der Waals surface area (Å²) in [6, 6.07) is 0. The zero-order chi connectivity index (χ0) is 18.3. The van der Waals surface area contributed by atoms with Crippen molar-refractivity contribution in [3.63, 3.8) is 0 Å². The molecule has 2 aliphatic rings. The number of rotatable bonds is 6. The molecule has 26 heavy (non-hydrogen) atoms. The van der Waals surface area contributed by atoms with Crippen molar-refractivity contribution in [2.45, 2.75) is 38.8 Å². The molecule has 2 saturated heterocycles. The molecule has 0 amide bonds. The number of guanidine groups is 1. The lowest BCUT2D eigenvalue weighted by molar-refractivity contribution is -0.0120. The lowest BCUT2D eigenvalue weighted by Crippen LogP contribution is -2.60. The molecule has 2 heterocycles. The van der Waals surface area contributed by atoms with Crippen LogP contribution in [0.25, 0.3) is 0 Å². The fraction of sp³-hybridized carbons (Fsp3) is 0.944. The molecule has 2 rings (SSSR count). The summed E-state index contributed by atoms with van der Waals surface area (Å²) < 4.78 is 11.2. The molecule has 2 N–H and O–H groups in total. The molecule has 2 unspecified atom stereocenters. The molecule has 154 valence electrons. The van der Waals surface area contributed by atoms with Gasteiger partial charge in [-0.1, -0.05) is 20.8 Å². The Hall–Kier alpha value is 0.230. The third-order valence-electron chi connectivity index (χ3n) is 5.28. The number of ether oxygens (including phenoxy) is 2. The summed E-state index contributed by atoms with van der Waals surface area (Å²) in [4.78, 5) is 7.02. The van der Waals surface area contributed by atoms with Crippen molar-refractivity contribution < 1.29 is 9.47 Å². The van der Waals surface area contributed by atoms with E-state index in [9.17, 15) is 0 Å². The molecule has 0 bridgehead atoms. The Balaban J connectivity index is 0.00000338. The van der Waals surface area contributed by atoms with E-state index in [2.05, 4.69) is 53.1 Å². The predicted octanol–water partition coefficient (Wildman–Crippen LogP) is 2.04. The second-order valence-electron chi connectivity index (χ2n) is 8.02. The Morgan fingerprint density at radius 3 is 2.50 bits per heavy atom. The van der Waals surface area contributed by atoms with Crippen LogP contribution in [-0.4, -0.2) is 87.6 Å². The van der Waals surface area contributed by atoms with Crippen molar-refractivity contribution in [1.29, 1.82) is 0 Å². The molecule has 2 aliphatic heterocycles. The fourth-order valence-corrected chi connectivity index (χ4v) is 5.01. The average molecular weight is 500 g/mol. The molecule has 0 saturated carbocycles. The fourth-order valence-electron chi connectivity index (χ4n) is 3.54. The van der Waals surface area contributed by atoms with Crippen LogP contribution < -0.4 is 10.6 Å². The van der Waals surface area contributed by atoms with Crippen LogP contribution in [-0.2, 0) is 9.47 Å². The Bertz CT molecular complexity index is 433. The monoisotopic (exact) mass is 500 g/mol. The Labute approximate surface area is 180 Å². The summed E-state index contributed by atoms with van der Waals surface area (Å²) in [5, 5.41) is 7.00. The molecular weight excluding hydrogens is 463 g/mol. The maximum Gasteiger partial charge on any atom is 0.191 e. The summed E-state index contributed by atoms with van der Waals surface area (Å²) >= 11 is 2.06. The normalized spacial score (nSPS) is 26.3. The van der Waals surface area contributed by atoms with E-state index in [-0.39, 0.29) is 41.0 Å². The average Bonchev–Trinajstić information content (AvgIpc) is 3.08. The first-order valence-corrected chi connectivity index (χ1v) is 10.4. The number of aliphatic imine (C=N–C) groups is 1. The van der Waals surface area contributed by atoms with Crippen LogP contribution in [0.2, 0.25) is 0 Å². The van der Waals surface area contributed by atoms with Crippen LogP contribution in [0.1, 0.15) is 27.2 Å². The Kier molecular flexibility index (Phi) is 10.5. The van der Waals surface area contributed by atoms with Gasteiger partial charge in [-0.15, -0.1) is 24.0 Å². The van der Waals surface area contributed by atoms with Crippen LogP contribution in [0.15, 0.2) is 4.99 Å². The molecule has 2 atom stereocenters. The predicted molar refractivity (Wildman–Crippen MR) is 122 cm³/mol. The highest BCUT2D eigenvalue weighted by Crippen LogP contribution is 2.33. The maximum absolute atomic E-state index is 5.63. The number of nitrogens with one attached hydrogen (secondary N) is 2. The molecule has 6 nitrogen and oxygen atoms in total. The smallest absolute Gasteiger partial charge is 0.191 e. The topological polar surface area (TPSA) is 58.1 Å². The van der Waals surface area contributed by atoms with Gasteiger partial charge in [-0.05, 0) is 17.6 Å². The van der Waals surface area contributed by atoms with Gasteiger partial charge in [0.2, 0.25) is 0 Å². The number of methoxy groups -OCH3 is 1. The summed E-state index contributed by atoms with van der Waals surface area (Å²) in [5.41, 5.74) is 0.314. The van der Waals surface area contributed by atoms with Gasteiger partial charge in [0.1, 0.15) is 0 Å². The van der Waals surface area contributed by atoms with Gasteiger partial charge in [-0.3, -0.25) is 9.89 Å². The van der Waals surface area contributed by atoms with E-state index in [1.54, 1.807) is 7.11 Å². The second kappa shape index (κ2) is 11.3. The second-order valence-corrected chi connectivity index (χ2v) is 9.13. The number of nitrogens with zero attached hydrogens (tertiary/aromatic N) is 2. The van der Waals surface area contributed by atoms with Crippen molar-refractivity contribution in [3.05, 3.63) is 0 Å². The van der Waals surface area contributed by atoms with Crippen LogP contribution >= 0.6 is 35.7 Å². The minimum Gasteiger partial charge on any atom is -0.379 e. The molecule has 0 aliphatic carbocycles.